The minimum Gasteiger partial charge on any atom is -0.399 e. The van der Waals surface area contributed by atoms with E-state index in [0.29, 0.717) is 0 Å². The highest BCUT2D eigenvalue weighted by molar-refractivity contribution is 5.39. The van der Waals surface area contributed by atoms with Crippen LogP contribution in [0.1, 0.15) is 25.8 Å². The fraction of sp³-hybridized carbons (Fsp3) is 0.500. The van der Waals surface area contributed by atoms with Crippen molar-refractivity contribution in [2.24, 2.45) is 0 Å². The van der Waals surface area contributed by atoms with E-state index in [9.17, 15) is 0 Å². The Hall–Kier alpha value is -1.02. The van der Waals surface area contributed by atoms with Gasteiger partial charge in [0.15, 0.2) is 0 Å². The second kappa shape index (κ2) is 5.66. The van der Waals surface area contributed by atoms with Gasteiger partial charge < -0.3 is 5.73 Å². The van der Waals surface area contributed by atoms with E-state index < -0.39 is 0 Å². The molecule has 2 heteroatoms. The Bertz CT molecular complexity index is 254. The first-order valence-electron chi connectivity index (χ1n) is 5.33. The van der Waals surface area contributed by atoms with Gasteiger partial charge in [-0.15, -0.1) is 0 Å². The van der Waals surface area contributed by atoms with E-state index in [1.807, 2.05) is 12.1 Å². The number of nitrogen functional groups attached to an aromatic ring is 1. The lowest BCUT2D eigenvalue weighted by molar-refractivity contribution is 0.280. The molecule has 0 aromatic heterocycles. The lowest BCUT2D eigenvalue weighted by Crippen LogP contribution is -2.23. The Labute approximate surface area is 86.7 Å². The van der Waals surface area contributed by atoms with Gasteiger partial charge in [0.2, 0.25) is 0 Å². The molecule has 2 nitrogen and oxygen atoms in total. The van der Waals surface area contributed by atoms with E-state index in [2.05, 4.69) is 30.9 Å². The van der Waals surface area contributed by atoms with Crippen LogP contribution in [0.25, 0.3) is 0 Å². The fourth-order valence-corrected chi connectivity index (χ4v) is 1.55. The number of benzene rings is 1. The van der Waals surface area contributed by atoms with Crippen molar-refractivity contribution in [3.05, 3.63) is 29.8 Å². The summed E-state index contributed by atoms with van der Waals surface area (Å²) in [6, 6.07) is 8.14. The Kier molecular flexibility index (Phi) is 4.47. The summed E-state index contributed by atoms with van der Waals surface area (Å²) in [7, 11) is 0. The van der Waals surface area contributed by atoms with Crippen molar-refractivity contribution in [2.75, 3.05) is 18.8 Å². The topological polar surface area (TPSA) is 29.3 Å². The van der Waals surface area contributed by atoms with Crippen molar-refractivity contribution in [1.29, 1.82) is 0 Å². The second-order valence-electron chi connectivity index (χ2n) is 3.61. The molecule has 0 atom stereocenters. The summed E-state index contributed by atoms with van der Waals surface area (Å²) in [5, 5.41) is 0. The van der Waals surface area contributed by atoms with Crippen molar-refractivity contribution in [2.45, 2.75) is 26.8 Å². The molecule has 1 aromatic carbocycles. The molecule has 0 amide bonds. The first-order chi connectivity index (χ1) is 6.76. The smallest absolute Gasteiger partial charge is 0.0314 e. The van der Waals surface area contributed by atoms with Gasteiger partial charge >= 0.3 is 0 Å². The van der Waals surface area contributed by atoms with Gasteiger partial charge in [-0.1, -0.05) is 26.0 Å². The SMILES string of the molecule is CCCN(CC)Cc1ccc(N)cc1. The standard InChI is InChI=1S/C12H20N2/c1-3-9-14(4-2)10-11-5-7-12(13)8-6-11/h5-8H,3-4,9-10,13H2,1-2H3. The van der Waals surface area contributed by atoms with Crippen LogP contribution in [0.5, 0.6) is 0 Å². The van der Waals surface area contributed by atoms with Crippen molar-refractivity contribution >= 4 is 5.69 Å². The van der Waals surface area contributed by atoms with Crippen LogP contribution in [-0.4, -0.2) is 18.0 Å². The van der Waals surface area contributed by atoms with Gasteiger partial charge in [-0.25, -0.2) is 0 Å². The number of rotatable bonds is 5. The summed E-state index contributed by atoms with van der Waals surface area (Å²) in [5.41, 5.74) is 7.82. The predicted octanol–water partition coefficient (Wildman–Crippen LogP) is 2.50. The van der Waals surface area contributed by atoms with Crippen LogP contribution in [0.4, 0.5) is 5.69 Å². The third-order valence-corrected chi connectivity index (χ3v) is 2.37. The minimum atomic E-state index is 0.840. The average Bonchev–Trinajstić information content (AvgIpc) is 2.20. The van der Waals surface area contributed by atoms with Crippen molar-refractivity contribution in [3.8, 4) is 0 Å². The van der Waals surface area contributed by atoms with Gasteiger partial charge in [0.05, 0.1) is 0 Å². The van der Waals surface area contributed by atoms with E-state index >= 15 is 0 Å². The maximum atomic E-state index is 5.64. The second-order valence-corrected chi connectivity index (χ2v) is 3.61. The summed E-state index contributed by atoms with van der Waals surface area (Å²) >= 11 is 0. The summed E-state index contributed by atoms with van der Waals surface area (Å²) in [6.45, 7) is 7.72. The highest BCUT2D eigenvalue weighted by Gasteiger charge is 2.01. The van der Waals surface area contributed by atoms with E-state index in [1.54, 1.807) is 0 Å². The molecule has 0 aliphatic rings. The van der Waals surface area contributed by atoms with Gasteiger partial charge in [0, 0.05) is 12.2 Å². The first kappa shape index (κ1) is 11.1. The monoisotopic (exact) mass is 192 g/mol. The molecular formula is C12H20N2. The van der Waals surface area contributed by atoms with Crippen LogP contribution >= 0.6 is 0 Å². The number of anilines is 1. The third kappa shape index (κ3) is 3.38. The summed E-state index contributed by atoms with van der Waals surface area (Å²) in [4.78, 5) is 2.44. The summed E-state index contributed by atoms with van der Waals surface area (Å²) in [5.74, 6) is 0. The van der Waals surface area contributed by atoms with Crippen molar-refractivity contribution in [3.63, 3.8) is 0 Å². The lowest BCUT2D eigenvalue weighted by atomic mass is 10.2. The Morgan fingerprint density at radius 3 is 2.29 bits per heavy atom. The molecule has 14 heavy (non-hydrogen) atoms. The van der Waals surface area contributed by atoms with E-state index in [1.165, 1.54) is 18.5 Å². The lowest BCUT2D eigenvalue weighted by Gasteiger charge is -2.19. The van der Waals surface area contributed by atoms with Gasteiger partial charge in [-0.3, -0.25) is 4.90 Å². The molecule has 1 rings (SSSR count). The number of hydrogen-bond acceptors (Lipinski definition) is 2. The molecule has 0 fully saturated rings. The fourth-order valence-electron chi connectivity index (χ4n) is 1.55. The van der Waals surface area contributed by atoms with Crippen LogP contribution in [0.15, 0.2) is 24.3 Å². The minimum absolute atomic E-state index is 0.840. The molecule has 0 aliphatic carbocycles. The molecule has 0 bridgehead atoms. The molecule has 0 radical (unpaired) electrons. The van der Waals surface area contributed by atoms with Gasteiger partial charge in [-0.2, -0.15) is 0 Å². The Balaban J connectivity index is 2.53. The van der Waals surface area contributed by atoms with Crippen molar-refractivity contribution in [1.82, 2.24) is 4.90 Å². The number of nitrogens with two attached hydrogens (primary N) is 1. The van der Waals surface area contributed by atoms with E-state index in [0.717, 1.165) is 18.8 Å². The average molecular weight is 192 g/mol. The Morgan fingerprint density at radius 1 is 1.14 bits per heavy atom. The molecule has 1 aromatic rings. The molecular weight excluding hydrogens is 172 g/mol. The van der Waals surface area contributed by atoms with Crippen LogP contribution in [0.2, 0.25) is 0 Å². The molecule has 0 aliphatic heterocycles. The molecule has 0 unspecified atom stereocenters. The van der Waals surface area contributed by atoms with E-state index in [4.69, 9.17) is 5.73 Å². The normalized spacial score (nSPS) is 10.8. The zero-order valence-electron chi connectivity index (χ0n) is 9.16. The molecule has 0 saturated carbocycles. The third-order valence-electron chi connectivity index (χ3n) is 2.37. The zero-order valence-corrected chi connectivity index (χ0v) is 9.16. The maximum Gasteiger partial charge on any atom is 0.0314 e. The number of nitrogens with zero attached hydrogens (tertiary/aromatic N) is 1. The molecule has 0 spiro atoms. The highest BCUT2D eigenvalue weighted by Crippen LogP contribution is 2.08. The van der Waals surface area contributed by atoms with Crippen LogP contribution in [0, 0.1) is 0 Å². The molecule has 2 N–H and O–H groups in total. The molecule has 78 valence electrons. The molecule has 0 saturated heterocycles. The van der Waals surface area contributed by atoms with Crippen LogP contribution in [0.3, 0.4) is 0 Å². The van der Waals surface area contributed by atoms with Crippen LogP contribution in [-0.2, 0) is 6.54 Å². The maximum absolute atomic E-state index is 5.64. The van der Waals surface area contributed by atoms with Gasteiger partial charge in [0.1, 0.15) is 0 Å². The Morgan fingerprint density at radius 2 is 1.79 bits per heavy atom. The largest absolute Gasteiger partial charge is 0.399 e. The quantitative estimate of drug-likeness (QED) is 0.726. The zero-order chi connectivity index (χ0) is 10.4. The van der Waals surface area contributed by atoms with Gasteiger partial charge in [0.25, 0.3) is 0 Å². The predicted molar refractivity (Wildman–Crippen MR) is 62.1 cm³/mol. The first-order valence-corrected chi connectivity index (χ1v) is 5.33. The van der Waals surface area contributed by atoms with Crippen molar-refractivity contribution < 1.29 is 0 Å². The molecule has 0 heterocycles. The number of hydrogen-bond donors (Lipinski definition) is 1. The van der Waals surface area contributed by atoms with Gasteiger partial charge in [-0.05, 0) is 37.2 Å². The summed E-state index contributed by atoms with van der Waals surface area (Å²) < 4.78 is 0. The highest BCUT2D eigenvalue weighted by atomic mass is 15.1. The summed E-state index contributed by atoms with van der Waals surface area (Å²) in [6.07, 6.45) is 1.21. The van der Waals surface area contributed by atoms with E-state index in [-0.39, 0.29) is 0 Å². The van der Waals surface area contributed by atoms with Crippen LogP contribution < -0.4 is 5.73 Å².